The van der Waals surface area contributed by atoms with E-state index in [1.54, 1.807) is 19.0 Å². The lowest BCUT2D eigenvalue weighted by Crippen LogP contribution is -2.40. The summed E-state index contributed by atoms with van der Waals surface area (Å²) in [5.41, 5.74) is 0. The Labute approximate surface area is 92.6 Å². The number of rotatable bonds is 4. The number of amides is 1. The maximum atomic E-state index is 11.5. The minimum absolute atomic E-state index is 0.196. The van der Waals surface area contributed by atoms with Gasteiger partial charge in [0, 0.05) is 39.1 Å². The topological polar surface area (TPSA) is 35.6 Å². The van der Waals surface area contributed by atoms with E-state index in [2.05, 4.69) is 24.2 Å². The second-order valence-corrected chi connectivity index (χ2v) is 4.81. The first kappa shape index (κ1) is 12.5. The van der Waals surface area contributed by atoms with Gasteiger partial charge in [0.2, 0.25) is 5.91 Å². The summed E-state index contributed by atoms with van der Waals surface area (Å²) in [4.78, 5) is 15.4. The average Bonchev–Trinajstić information content (AvgIpc) is 2.50. The molecule has 0 bridgehead atoms. The Bertz CT molecular complexity index is 218. The first-order chi connectivity index (χ1) is 6.99. The molecular formula is C11H23N3O. The number of hydrogen-bond donors (Lipinski definition) is 1. The predicted octanol–water partition coefficient (Wildman–Crippen LogP) is 0.147. The van der Waals surface area contributed by atoms with E-state index in [0.29, 0.717) is 12.5 Å². The Kier molecular flexibility index (Phi) is 4.54. The zero-order valence-electron chi connectivity index (χ0n) is 10.3. The summed E-state index contributed by atoms with van der Waals surface area (Å²) in [6.45, 7) is 4.34. The highest BCUT2D eigenvalue weighted by molar-refractivity contribution is 5.76. The highest BCUT2D eigenvalue weighted by atomic mass is 16.2. The summed E-state index contributed by atoms with van der Waals surface area (Å²) >= 11 is 0. The molecule has 2 atom stereocenters. The van der Waals surface area contributed by atoms with Crippen LogP contribution in [0.5, 0.6) is 0 Å². The second-order valence-electron chi connectivity index (χ2n) is 4.81. The molecule has 1 aliphatic rings. The van der Waals surface area contributed by atoms with Crippen molar-refractivity contribution < 1.29 is 4.79 Å². The maximum absolute atomic E-state index is 11.5. The minimum Gasteiger partial charge on any atom is -0.349 e. The molecule has 15 heavy (non-hydrogen) atoms. The van der Waals surface area contributed by atoms with Crippen molar-refractivity contribution in [2.75, 3.05) is 34.2 Å². The van der Waals surface area contributed by atoms with Crippen molar-refractivity contribution >= 4 is 5.91 Å². The van der Waals surface area contributed by atoms with Gasteiger partial charge in [-0.05, 0) is 26.9 Å². The van der Waals surface area contributed by atoms with E-state index < -0.39 is 0 Å². The van der Waals surface area contributed by atoms with Crippen LogP contribution < -0.4 is 5.32 Å². The summed E-state index contributed by atoms with van der Waals surface area (Å²) in [5, 5.41) is 3.51. The first-order valence-corrected chi connectivity index (χ1v) is 5.63. The van der Waals surface area contributed by atoms with Gasteiger partial charge < -0.3 is 15.1 Å². The fourth-order valence-corrected chi connectivity index (χ4v) is 1.98. The van der Waals surface area contributed by atoms with Crippen LogP contribution >= 0.6 is 0 Å². The zero-order valence-corrected chi connectivity index (χ0v) is 10.3. The Balaban J connectivity index is 2.24. The van der Waals surface area contributed by atoms with Gasteiger partial charge in [-0.2, -0.15) is 0 Å². The standard InChI is InChI=1S/C11H23N3O/c1-9(7-11(15)13(2)3)12-10-5-6-14(4)8-10/h9-10,12H,5-8H2,1-4H3. The highest BCUT2D eigenvalue weighted by Gasteiger charge is 2.21. The number of nitrogens with zero attached hydrogens (tertiary/aromatic N) is 2. The van der Waals surface area contributed by atoms with E-state index in [9.17, 15) is 4.79 Å². The van der Waals surface area contributed by atoms with Crippen LogP contribution in [-0.4, -0.2) is 62.0 Å². The summed E-state index contributed by atoms with van der Waals surface area (Å²) < 4.78 is 0. The van der Waals surface area contributed by atoms with Crippen LogP contribution in [0.4, 0.5) is 0 Å². The monoisotopic (exact) mass is 213 g/mol. The van der Waals surface area contributed by atoms with Gasteiger partial charge in [0.05, 0.1) is 0 Å². The van der Waals surface area contributed by atoms with Crippen molar-refractivity contribution in [1.29, 1.82) is 0 Å². The van der Waals surface area contributed by atoms with Crippen LogP contribution in [0.15, 0.2) is 0 Å². The number of likely N-dealkylation sites (tertiary alicyclic amines) is 1. The van der Waals surface area contributed by atoms with Crippen LogP contribution in [0, 0.1) is 0 Å². The van der Waals surface area contributed by atoms with Crippen molar-refractivity contribution in [2.24, 2.45) is 0 Å². The molecule has 0 aromatic heterocycles. The lowest BCUT2D eigenvalue weighted by molar-refractivity contribution is -0.129. The lowest BCUT2D eigenvalue weighted by Gasteiger charge is -2.20. The molecule has 0 aromatic carbocycles. The van der Waals surface area contributed by atoms with Crippen LogP contribution in [0.3, 0.4) is 0 Å². The summed E-state index contributed by atoms with van der Waals surface area (Å²) in [5.74, 6) is 0.196. The molecule has 1 heterocycles. The van der Waals surface area contributed by atoms with Gasteiger partial charge in [-0.1, -0.05) is 0 Å². The molecule has 1 amide bonds. The van der Waals surface area contributed by atoms with Gasteiger partial charge in [0.15, 0.2) is 0 Å². The van der Waals surface area contributed by atoms with Crippen LogP contribution in [0.2, 0.25) is 0 Å². The van der Waals surface area contributed by atoms with Gasteiger partial charge >= 0.3 is 0 Å². The molecule has 0 saturated carbocycles. The van der Waals surface area contributed by atoms with Crippen molar-refractivity contribution in [3.05, 3.63) is 0 Å². The smallest absolute Gasteiger partial charge is 0.223 e. The van der Waals surface area contributed by atoms with Gasteiger partial charge in [0.1, 0.15) is 0 Å². The van der Waals surface area contributed by atoms with Gasteiger partial charge in [-0.15, -0.1) is 0 Å². The maximum Gasteiger partial charge on any atom is 0.223 e. The largest absolute Gasteiger partial charge is 0.349 e. The third-order valence-corrected chi connectivity index (χ3v) is 2.89. The first-order valence-electron chi connectivity index (χ1n) is 5.63. The third kappa shape index (κ3) is 4.18. The summed E-state index contributed by atoms with van der Waals surface area (Å²) in [6.07, 6.45) is 1.78. The van der Waals surface area contributed by atoms with Crippen molar-refractivity contribution in [3.63, 3.8) is 0 Å². The van der Waals surface area contributed by atoms with E-state index in [0.717, 1.165) is 13.1 Å². The third-order valence-electron chi connectivity index (χ3n) is 2.89. The average molecular weight is 213 g/mol. The van der Waals surface area contributed by atoms with Gasteiger partial charge in [-0.25, -0.2) is 0 Å². The Morgan fingerprint density at radius 2 is 2.27 bits per heavy atom. The van der Waals surface area contributed by atoms with E-state index in [1.807, 2.05) is 0 Å². The van der Waals surface area contributed by atoms with E-state index in [-0.39, 0.29) is 11.9 Å². The molecular weight excluding hydrogens is 190 g/mol. The molecule has 4 nitrogen and oxygen atoms in total. The predicted molar refractivity (Wildman–Crippen MR) is 61.8 cm³/mol. The molecule has 88 valence electrons. The van der Waals surface area contributed by atoms with Gasteiger partial charge in [0.25, 0.3) is 0 Å². The number of hydrogen-bond acceptors (Lipinski definition) is 3. The summed E-state index contributed by atoms with van der Waals surface area (Å²) in [7, 11) is 5.74. The molecule has 2 unspecified atom stereocenters. The molecule has 0 spiro atoms. The van der Waals surface area contributed by atoms with E-state index in [4.69, 9.17) is 0 Å². The van der Waals surface area contributed by atoms with E-state index in [1.165, 1.54) is 6.42 Å². The molecule has 1 N–H and O–H groups in total. The minimum atomic E-state index is 0.196. The Morgan fingerprint density at radius 3 is 2.73 bits per heavy atom. The number of carbonyl (C=O) groups is 1. The van der Waals surface area contributed by atoms with Crippen molar-refractivity contribution in [1.82, 2.24) is 15.1 Å². The molecule has 0 aliphatic carbocycles. The fraction of sp³-hybridized carbons (Fsp3) is 0.909. The lowest BCUT2D eigenvalue weighted by atomic mass is 10.1. The molecule has 4 heteroatoms. The number of nitrogens with one attached hydrogen (secondary N) is 1. The van der Waals surface area contributed by atoms with Crippen LogP contribution in [0.25, 0.3) is 0 Å². The van der Waals surface area contributed by atoms with Gasteiger partial charge in [-0.3, -0.25) is 4.79 Å². The molecule has 1 saturated heterocycles. The zero-order chi connectivity index (χ0) is 11.4. The Morgan fingerprint density at radius 1 is 1.60 bits per heavy atom. The molecule has 0 aromatic rings. The molecule has 1 aliphatic heterocycles. The van der Waals surface area contributed by atoms with Crippen LogP contribution in [-0.2, 0) is 4.79 Å². The normalized spacial score (nSPS) is 24.1. The fourth-order valence-electron chi connectivity index (χ4n) is 1.98. The molecule has 0 radical (unpaired) electrons. The second kappa shape index (κ2) is 5.47. The molecule has 1 rings (SSSR count). The van der Waals surface area contributed by atoms with Crippen molar-refractivity contribution in [3.8, 4) is 0 Å². The van der Waals surface area contributed by atoms with Crippen molar-refractivity contribution in [2.45, 2.75) is 31.8 Å². The quantitative estimate of drug-likeness (QED) is 0.722. The number of carbonyl (C=O) groups excluding carboxylic acids is 1. The SMILES string of the molecule is CC(CC(=O)N(C)C)NC1CCN(C)C1. The molecule has 1 fully saturated rings. The van der Waals surface area contributed by atoms with E-state index >= 15 is 0 Å². The highest BCUT2D eigenvalue weighted by Crippen LogP contribution is 2.08. The Hall–Kier alpha value is -0.610. The number of likely N-dealkylation sites (N-methyl/N-ethyl adjacent to an activating group) is 1. The summed E-state index contributed by atoms with van der Waals surface area (Å²) in [6, 6.07) is 0.830. The van der Waals surface area contributed by atoms with Crippen LogP contribution in [0.1, 0.15) is 19.8 Å².